The average Bonchev–Trinajstić information content (AvgIpc) is 3.68. The second-order valence-corrected chi connectivity index (χ2v) is 16.5. The van der Waals surface area contributed by atoms with Crippen LogP contribution in [-0.2, 0) is 72.3 Å². The number of hydrogen-bond donors (Lipinski definition) is 0. The molecular formula is C48H74N4O13. The summed E-state index contributed by atoms with van der Waals surface area (Å²) in [6.07, 6.45) is 14.4. The predicted molar refractivity (Wildman–Crippen MR) is 246 cm³/mol. The molecule has 2 aliphatic carbocycles. The van der Waals surface area contributed by atoms with Gasteiger partial charge in [-0.15, -0.1) is 0 Å². The highest BCUT2D eigenvalue weighted by atomic mass is 16.6. The van der Waals surface area contributed by atoms with Crippen molar-refractivity contribution in [3.63, 3.8) is 0 Å². The van der Waals surface area contributed by atoms with Gasteiger partial charge in [-0.2, -0.15) is 0 Å². The molecule has 2 aromatic heterocycles. The fraction of sp³-hybridized carbons (Fsp3) is 0.708. The van der Waals surface area contributed by atoms with Gasteiger partial charge >= 0.3 is 11.7 Å². The van der Waals surface area contributed by atoms with Crippen LogP contribution in [-0.4, -0.2) is 151 Å². The molecule has 5 rings (SSSR count). The lowest BCUT2D eigenvalue weighted by Gasteiger charge is -2.24. The Labute approximate surface area is 383 Å². The largest absolute Gasteiger partial charge is 0.460 e. The Morgan fingerprint density at radius 3 is 1.45 bits per heavy atom. The number of imidazole rings is 1. The van der Waals surface area contributed by atoms with E-state index in [4.69, 9.17) is 52.4 Å². The number of hydrogen-bond acceptors (Lipinski definition) is 14. The summed E-state index contributed by atoms with van der Waals surface area (Å²) in [4.78, 5) is 45.4. The Balaban J connectivity index is 0.906. The number of nitrogens with zero attached hydrogens (tertiary/aromatic N) is 4. The second kappa shape index (κ2) is 31.2. The van der Waals surface area contributed by atoms with Gasteiger partial charge in [0.1, 0.15) is 12.4 Å². The molecule has 2 aliphatic rings. The smallest absolute Gasteiger partial charge is 0.332 e. The predicted octanol–water partition coefficient (Wildman–Crippen LogP) is 5.06. The van der Waals surface area contributed by atoms with Crippen molar-refractivity contribution in [2.24, 2.45) is 18.9 Å². The normalized spacial score (nSPS) is 15.2. The van der Waals surface area contributed by atoms with Gasteiger partial charge in [0.2, 0.25) is 0 Å². The van der Waals surface area contributed by atoms with Crippen LogP contribution in [0.2, 0.25) is 0 Å². The van der Waals surface area contributed by atoms with Gasteiger partial charge in [-0.25, -0.2) is 14.6 Å². The quantitative estimate of drug-likeness (QED) is 0.0443. The van der Waals surface area contributed by atoms with Crippen LogP contribution in [0.15, 0.2) is 39.9 Å². The molecule has 2 fully saturated rings. The maximum atomic E-state index is 14.0. The number of carbonyl (C=O) groups is 1. The minimum absolute atomic E-state index is 0.119. The summed E-state index contributed by atoms with van der Waals surface area (Å²) in [6.45, 7) is 9.20. The first kappa shape index (κ1) is 52.2. The van der Waals surface area contributed by atoms with Crippen molar-refractivity contribution < 1.29 is 52.2 Å². The first-order valence-electron chi connectivity index (χ1n) is 23.7. The molecule has 1 aromatic carbocycles. The van der Waals surface area contributed by atoms with E-state index in [0.29, 0.717) is 148 Å². The molecule has 0 radical (unpaired) electrons. The molecule has 3 aromatic rings. The number of aromatic nitrogens is 4. The summed E-state index contributed by atoms with van der Waals surface area (Å²) in [5, 5.41) is 0. The Bertz CT molecular complexity index is 1920. The van der Waals surface area contributed by atoms with Crippen LogP contribution in [0.4, 0.5) is 0 Å². The van der Waals surface area contributed by atoms with Gasteiger partial charge in [-0.05, 0) is 49.2 Å². The summed E-state index contributed by atoms with van der Waals surface area (Å²) >= 11 is 0. The van der Waals surface area contributed by atoms with E-state index in [2.05, 4.69) is 0 Å². The molecule has 0 unspecified atom stereocenters. The third kappa shape index (κ3) is 18.8. The molecular weight excluding hydrogens is 841 g/mol. The number of aryl methyl sites for hydroxylation is 1. The number of carbonyl (C=O) groups excluding carboxylic acids is 1. The maximum absolute atomic E-state index is 14.0. The van der Waals surface area contributed by atoms with Crippen LogP contribution in [0.25, 0.3) is 28.6 Å². The molecule has 0 amide bonds. The van der Waals surface area contributed by atoms with Crippen molar-refractivity contribution in [3.8, 4) is 11.4 Å². The number of esters is 1. The second-order valence-electron chi connectivity index (χ2n) is 16.5. The molecule has 2 heterocycles. The van der Waals surface area contributed by atoms with Crippen molar-refractivity contribution in [2.75, 3.05) is 126 Å². The molecule has 17 nitrogen and oxygen atoms in total. The first-order chi connectivity index (χ1) is 32.0. The van der Waals surface area contributed by atoms with E-state index in [0.717, 1.165) is 49.7 Å². The lowest BCUT2D eigenvalue weighted by Crippen LogP contribution is -2.43. The van der Waals surface area contributed by atoms with E-state index in [1.165, 1.54) is 36.3 Å². The number of ether oxygens (including phenoxy) is 10. The Morgan fingerprint density at radius 1 is 0.585 bits per heavy atom. The summed E-state index contributed by atoms with van der Waals surface area (Å²) in [5.41, 5.74) is 2.03. The van der Waals surface area contributed by atoms with E-state index in [-0.39, 0.29) is 24.5 Å². The average molecular weight is 915 g/mol. The molecule has 0 saturated heterocycles. The zero-order chi connectivity index (χ0) is 45.7. The fourth-order valence-electron chi connectivity index (χ4n) is 8.14. The molecule has 2 saturated carbocycles. The van der Waals surface area contributed by atoms with Crippen molar-refractivity contribution in [2.45, 2.75) is 77.3 Å². The number of benzene rings is 1. The minimum atomic E-state index is -0.474. The molecule has 0 N–H and O–H groups in total. The topological polar surface area (TPSA) is 171 Å². The van der Waals surface area contributed by atoms with E-state index in [1.807, 2.05) is 35.9 Å². The van der Waals surface area contributed by atoms with E-state index in [1.54, 1.807) is 17.8 Å². The summed E-state index contributed by atoms with van der Waals surface area (Å²) in [5.74, 6) is 0.877. The standard InChI is InChI=1S/C48H74N4O13/c1-50-44-46(51(37-40-9-5-3-6-10-40)48(55)52(47(44)54)38-41-11-7-4-8-12-41)49-45(50)42-16-13-39(14-17-42)15-18-43(53)65-36-35-64-34-33-63-32-31-62-30-29-61-28-27-60-26-25-59-24-23-58-22-21-57-20-19-56-2/h13-18,40-41H,3-12,19-38H2,1-2H3. The molecule has 0 spiro atoms. The lowest BCUT2D eigenvalue weighted by atomic mass is 9.89. The van der Waals surface area contributed by atoms with E-state index in [9.17, 15) is 14.4 Å². The zero-order valence-corrected chi connectivity index (χ0v) is 38.9. The van der Waals surface area contributed by atoms with Crippen molar-refractivity contribution >= 4 is 23.2 Å². The lowest BCUT2D eigenvalue weighted by molar-refractivity contribution is -0.139. The Morgan fingerprint density at radius 2 is 1.00 bits per heavy atom. The van der Waals surface area contributed by atoms with Crippen molar-refractivity contribution in [1.82, 2.24) is 18.7 Å². The number of methoxy groups -OCH3 is 1. The molecule has 364 valence electrons. The molecule has 0 bridgehead atoms. The van der Waals surface area contributed by atoms with Gasteiger partial charge in [0.05, 0.1) is 112 Å². The maximum Gasteiger partial charge on any atom is 0.332 e. The van der Waals surface area contributed by atoms with Gasteiger partial charge in [0, 0.05) is 38.9 Å². The highest BCUT2D eigenvalue weighted by molar-refractivity contribution is 5.87. The van der Waals surface area contributed by atoms with E-state index < -0.39 is 5.97 Å². The molecule has 0 atom stereocenters. The van der Waals surface area contributed by atoms with Crippen LogP contribution in [0.1, 0.15) is 69.8 Å². The summed E-state index contributed by atoms with van der Waals surface area (Å²) < 4.78 is 59.0. The SMILES string of the molecule is COCCOCCOCCOCCOCCOCCOCCOCCOCCOC(=O)C=Cc1ccc(-c2nc3c(c(=O)n(CC4CCCCC4)c(=O)n3CC3CCCCC3)n2C)cc1. The van der Waals surface area contributed by atoms with Crippen molar-refractivity contribution in [1.29, 1.82) is 0 Å². The zero-order valence-electron chi connectivity index (χ0n) is 38.9. The third-order valence-electron chi connectivity index (χ3n) is 11.7. The van der Waals surface area contributed by atoms with E-state index >= 15 is 0 Å². The summed E-state index contributed by atoms with van der Waals surface area (Å²) in [6, 6.07) is 7.60. The van der Waals surface area contributed by atoms with Crippen molar-refractivity contribution in [3.05, 3.63) is 56.7 Å². The van der Waals surface area contributed by atoms with Gasteiger partial charge in [0.15, 0.2) is 11.2 Å². The number of rotatable bonds is 34. The van der Waals surface area contributed by atoms with Crippen LogP contribution in [0.3, 0.4) is 0 Å². The third-order valence-corrected chi connectivity index (χ3v) is 11.7. The first-order valence-corrected chi connectivity index (χ1v) is 23.7. The number of fused-ring (bicyclic) bond motifs is 1. The van der Waals surface area contributed by atoms with Crippen LogP contribution in [0, 0.1) is 11.8 Å². The van der Waals surface area contributed by atoms with Crippen LogP contribution >= 0.6 is 0 Å². The minimum Gasteiger partial charge on any atom is -0.460 e. The Kier molecular flexibility index (Phi) is 25.1. The Hall–Kier alpha value is -3.78. The highest BCUT2D eigenvalue weighted by Crippen LogP contribution is 2.28. The van der Waals surface area contributed by atoms with Gasteiger partial charge in [0.25, 0.3) is 5.56 Å². The van der Waals surface area contributed by atoms with Gasteiger partial charge in [-0.1, -0.05) is 62.8 Å². The highest BCUT2D eigenvalue weighted by Gasteiger charge is 2.25. The van der Waals surface area contributed by atoms with Gasteiger partial charge in [-0.3, -0.25) is 13.9 Å². The summed E-state index contributed by atoms with van der Waals surface area (Å²) in [7, 11) is 3.49. The molecule has 17 heteroatoms. The van der Waals surface area contributed by atoms with Crippen LogP contribution in [0.5, 0.6) is 0 Å². The monoisotopic (exact) mass is 915 g/mol. The fourth-order valence-corrected chi connectivity index (χ4v) is 8.14. The van der Waals surface area contributed by atoms with Crippen LogP contribution < -0.4 is 11.2 Å². The van der Waals surface area contributed by atoms with Gasteiger partial charge < -0.3 is 51.9 Å². The molecule has 65 heavy (non-hydrogen) atoms. The molecule has 0 aliphatic heterocycles.